The first-order chi connectivity index (χ1) is 10.5. The first-order valence-electron chi connectivity index (χ1n) is 6.37. The van der Waals surface area contributed by atoms with Crippen LogP contribution in [0.4, 0.5) is 0 Å². The van der Waals surface area contributed by atoms with Gasteiger partial charge in [-0.05, 0) is 23.8 Å². The summed E-state index contributed by atoms with van der Waals surface area (Å²) in [6, 6.07) is 8.98. The van der Waals surface area contributed by atoms with Crippen LogP contribution in [0.5, 0.6) is 5.75 Å². The highest BCUT2D eigenvalue weighted by molar-refractivity contribution is 6.49. The Hall–Kier alpha value is -1.86. The second-order valence-electron chi connectivity index (χ2n) is 4.76. The van der Waals surface area contributed by atoms with Crippen LogP contribution in [0.3, 0.4) is 0 Å². The zero-order valence-electron chi connectivity index (χ0n) is 11.1. The lowest BCUT2D eigenvalue weighted by Crippen LogP contribution is -1.86. The second-order valence-corrected chi connectivity index (χ2v) is 5.92. The molecule has 2 aromatic carbocycles. The van der Waals surface area contributed by atoms with Gasteiger partial charge in [0.2, 0.25) is 0 Å². The van der Waals surface area contributed by atoms with Gasteiger partial charge in [-0.1, -0.05) is 40.9 Å². The Morgan fingerprint density at radius 2 is 1.77 bits per heavy atom. The van der Waals surface area contributed by atoms with E-state index >= 15 is 0 Å². The summed E-state index contributed by atoms with van der Waals surface area (Å²) in [6.45, 7) is 0. The topological polar surface area (TPSA) is 59.8 Å². The van der Waals surface area contributed by atoms with Crippen LogP contribution < -0.4 is 0 Å². The van der Waals surface area contributed by atoms with Crippen molar-refractivity contribution in [1.82, 2.24) is 4.98 Å². The lowest BCUT2D eigenvalue weighted by atomic mass is 10.00. The molecule has 3 aromatic rings. The minimum atomic E-state index is 0.0595. The number of aromatic amines is 1. The maximum absolute atomic E-state index is 10.6. The van der Waals surface area contributed by atoms with Crippen molar-refractivity contribution in [2.75, 3.05) is 0 Å². The number of hydrogen-bond acceptors (Lipinski definition) is 2. The minimum absolute atomic E-state index is 0.0595. The van der Waals surface area contributed by atoms with Crippen LogP contribution in [0.25, 0.3) is 22.0 Å². The lowest BCUT2D eigenvalue weighted by Gasteiger charge is -2.10. The summed E-state index contributed by atoms with van der Waals surface area (Å²) in [6.07, 6.45) is 1.92. The van der Waals surface area contributed by atoms with Gasteiger partial charge in [0.15, 0.2) is 0 Å². The van der Waals surface area contributed by atoms with Gasteiger partial charge in [-0.25, -0.2) is 0 Å². The number of phenols is 1. The third kappa shape index (κ3) is 2.30. The third-order valence-corrected chi connectivity index (χ3v) is 4.79. The van der Waals surface area contributed by atoms with Crippen molar-refractivity contribution in [3.63, 3.8) is 0 Å². The molecule has 0 radical (unpaired) electrons. The molecule has 0 saturated carbocycles. The molecule has 2 N–H and O–H groups in total. The maximum Gasteiger partial charge on any atom is 0.133 e. The minimum Gasteiger partial charge on any atom is -0.507 e. The summed E-state index contributed by atoms with van der Waals surface area (Å²) in [5.41, 5.74) is 2.60. The highest BCUT2D eigenvalue weighted by Crippen LogP contribution is 2.43. The first-order valence-corrected chi connectivity index (χ1v) is 7.50. The number of fused-ring (bicyclic) bond motifs is 1. The number of halogens is 3. The van der Waals surface area contributed by atoms with Crippen molar-refractivity contribution in [3.05, 3.63) is 51.1 Å². The number of rotatable bonds is 2. The van der Waals surface area contributed by atoms with Crippen LogP contribution in [0.1, 0.15) is 5.56 Å². The van der Waals surface area contributed by atoms with Gasteiger partial charge in [0.1, 0.15) is 5.75 Å². The zero-order chi connectivity index (χ0) is 15.9. The molecular weight excluding hydrogens is 343 g/mol. The lowest BCUT2D eigenvalue weighted by molar-refractivity contribution is 0.483. The van der Waals surface area contributed by atoms with Gasteiger partial charge in [0, 0.05) is 28.2 Å². The van der Waals surface area contributed by atoms with E-state index in [2.05, 4.69) is 11.1 Å². The molecule has 0 amide bonds. The molecule has 0 bridgehead atoms. The third-order valence-electron chi connectivity index (χ3n) is 3.50. The van der Waals surface area contributed by atoms with Gasteiger partial charge in [-0.2, -0.15) is 5.26 Å². The summed E-state index contributed by atoms with van der Waals surface area (Å²) in [4.78, 5) is 3.04. The predicted molar refractivity (Wildman–Crippen MR) is 89.7 cm³/mol. The van der Waals surface area contributed by atoms with Gasteiger partial charge in [-0.15, -0.1) is 0 Å². The molecule has 22 heavy (non-hydrogen) atoms. The molecular formula is C16H9Cl3N2O. The summed E-state index contributed by atoms with van der Waals surface area (Å²) >= 11 is 18.2. The molecule has 0 atom stereocenters. The highest BCUT2D eigenvalue weighted by Gasteiger charge is 2.17. The Morgan fingerprint density at radius 1 is 1.05 bits per heavy atom. The Kier molecular flexibility index (Phi) is 3.92. The Balaban J connectivity index is 2.29. The van der Waals surface area contributed by atoms with Crippen LogP contribution in [0.2, 0.25) is 15.1 Å². The van der Waals surface area contributed by atoms with E-state index in [1.165, 1.54) is 0 Å². The summed E-state index contributed by atoms with van der Waals surface area (Å²) in [5, 5.41) is 21.0. The molecule has 1 heterocycles. The predicted octanol–water partition coefficient (Wildman–Crippen LogP) is 5.57. The first kappa shape index (κ1) is 15.1. The fraction of sp³-hybridized carbons (Fsp3) is 0.0625. The quantitative estimate of drug-likeness (QED) is 0.593. The number of hydrogen-bond donors (Lipinski definition) is 2. The highest BCUT2D eigenvalue weighted by atomic mass is 35.5. The van der Waals surface area contributed by atoms with Gasteiger partial charge in [-0.3, -0.25) is 0 Å². The van der Waals surface area contributed by atoms with Gasteiger partial charge < -0.3 is 10.1 Å². The van der Waals surface area contributed by atoms with Crippen LogP contribution in [0.15, 0.2) is 30.5 Å². The van der Waals surface area contributed by atoms with Crippen molar-refractivity contribution < 1.29 is 5.11 Å². The molecule has 0 aliphatic rings. The van der Waals surface area contributed by atoms with E-state index in [9.17, 15) is 5.11 Å². The zero-order valence-corrected chi connectivity index (χ0v) is 13.4. The molecule has 0 aliphatic heterocycles. The molecule has 1 aromatic heterocycles. The number of nitrogens with zero attached hydrogens (tertiary/aromatic N) is 1. The summed E-state index contributed by atoms with van der Waals surface area (Å²) in [5.74, 6) is 0.0595. The molecule has 0 unspecified atom stereocenters. The van der Waals surface area contributed by atoms with E-state index < -0.39 is 0 Å². The van der Waals surface area contributed by atoms with Gasteiger partial charge in [0.05, 0.1) is 27.6 Å². The largest absolute Gasteiger partial charge is 0.507 e. The number of nitriles is 1. The molecule has 3 rings (SSSR count). The number of phenolic OH excluding ortho intramolecular Hbond substituents is 1. The van der Waals surface area contributed by atoms with E-state index in [4.69, 9.17) is 40.1 Å². The van der Waals surface area contributed by atoms with E-state index in [1.54, 1.807) is 24.4 Å². The maximum atomic E-state index is 10.6. The SMILES string of the molecule is N#CCc1c[nH]c2ccc(-c3ccc(Cl)c(Cl)c3Cl)c(O)c12. The smallest absolute Gasteiger partial charge is 0.133 e. The monoisotopic (exact) mass is 350 g/mol. The summed E-state index contributed by atoms with van der Waals surface area (Å²) < 4.78 is 0. The van der Waals surface area contributed by atoms with Crippen LogP contribution in [0, 0.1) is 11.3 Å². The Labute approximate surface area is 141 Å². The van der Waals surface area contributed by atoms with Crippen LogP contribution in [-0.4, -0.2) is 10.1 Å². The van der Waals surface area contributed by atoms with Crippen molar-refractivity contribution in [2.24, 2.45) is 0 Å². The van der Waals surface area contributed by atoms with E-state index in [0.717, 1.165) is 11.1 Å². The molecule has 110 valence electrons. The molecule has 6 heteroatoms. The van der Waals surface area contributed by atoms with Gasteiger partial charge >= 0.3 is 0 Å². The molecule has 0 fully saturated rings. The van der Waals surface area contributed by atoms with Crippen LogP contribution in [-0.2, 0) is 6.42 Å². The van der Waals surface area contributed by atoms with Crippen molar-refractivity contribution in [3.8, 4) is 22.9 Å². The van der Waals surface area contributed by atoms with Crippen molar-refractivity contribution in [1.29, 1.82) is 5.26 Å². The van der Waals surface area contributed by atoms with Crippen LogP contribution >= 0.6 is 34.8 Å². The van der Waals surface area contributed by atoms with E-state index in [0.29, 0.717) is 21.5 Å². The molecule has 3 nitrogen and oxygen atoms in total. The average Bonchev–Trinajstić information content (AvgIpc) is 2.91. The normalized spacial score (nSPS) is 10.8. The average molecular weight is 352 g/mol. The van der Waals surface area contributed by atoms with Crippen molar-refractivity contribution in [2.45, 2.75) is 6.42 Å². The Morgan fingerprint density at radius 3 is 2.50 bits per heavy atom. The molecule has 0 saturated heterocycles. The standard InChI is InChI=1S/C16H9Cl3N2O/c17-11-3-1-9(14(18)15(11)19)10-2-4-12-13(16(10)22)8(5-6-20)7-21-12/h1-4,7,21-22H,5H2. The Bertz CT molecular complexity index is 925. The number of nitrogens with one attached hydrogen (secondary N) is 1. The second kappa shape index (κ2) is 5.73. The molecule has 0 spiro atoms. The number of benzene rings is 2. The molecule has 0 aliphatic carbocycles. The van der Waals surface area contributed by atoms with Crippen molar-refractivity contribution >= 4 is 45.7 Å². The number of H-pyrrole nitrogens is 1. The fourth-order valence-electron chi connectivity index (χ4n) is 2.45. The number of aromatic hydroxyl groups is 1. The van der Waals surface area contributed by atoms with E-state index in [1.807, 2.05) is 6.07 Å². The van der Waals surface area contributed by atoms with E-state index in [-0.39, 0.29) is 22.2 Å². The van der Waals surface area contributed by atoms with Gasteiger partial charge in [0.25, 0.3) is 0 Å². The fourth-order valence-corrected chi connectivity index (χ4v) is 3.09. The number of aromatic nitrogens is 1. The summed E-state index contributed by atoms with van der Waals surface area (Å²) in [7, 11) is 0.